The fraction of sp³-hybridized carbons (Fsp3) is 0.333. The van der Waals surface area contributed by atoms with Crippen molar-refractivity contribution in [2.75, 3.05) is 6.54 Å². The maximum Gasteiger partial charge on any atom is 0.199 e. The summed E-state index contributed by atoms with van der Waals surface area (Å²) in [5.74, 6) is 0. The van der Waals surface area contributed by atoms with Crippen LogP contribution in [0.15, 0.2) is 77.0 Å². The van der Waals surface area contributed by atoms with Crippen molar-refractivity contribution >= 4 is 9.84 Å². The Morgan fingerprint density at radius 3 is 2.36 bits per heavy atom. The summed E-state index contributed by atoms with van der Waals surface area (Å²) in [6, 6.07) is 19.5. The molecule has 25 heavy (non-hydrogen) atoms. The zero-order chi connectivity index (χ0) is 17.5. The van der Waals surface area contributed by atoms with Crippen molar-refractivity contribution in [2.24, 2.45) is 0 Å². The summed E-state index contributed by atoms with van der Waals surface area (Å²) in [5.41, 5.74) is 1.32. The molecule has 3 rings (SSSR count). The van der Waals surface area contributed by atoms with E-state index in [1.54, 1.807) is 24.3 Å². The van der Waals surface area contributed by atoms with Gasteiger partial charge in [0.25, 0.3) is 0 Å². The van der Waals surface area contributed by atoms with E-state index in [0.29, 0.717) is 10.9 Å². The van der Waals surface area contributed by atoms with Gasteiger partial charge < -0.3 is 0 Å². The zero-order valence-corrected chi connectivity index (χ0v) is 15.2. The number of rotatable bonds is 6. The van der Waals surface area contributed by atoms with E-state index in [2.05, 4.69) is 29.2 Å². The van der Waals surface area contributed by atoms with E-state index < -0.39 is 9.84 Å². The Kier molecular flexibility index (Phi) is 6.05. The van der Waals surface area contributed by atoms with Gasteiger partial charge in [0.1, 0.15) is 0 Å². The van der Waals surface area contributed by atoms with Gasteiger partial charge in [0.15, 0.2) is 9.84 Å². The fourth-order valence-electron chi connectivity index (χ4n) is 3.38. The van der Waals surface area contributed by atoms with Crippen molar-refractivity contribution in [3.63, 3.8) is 0 Å². The van der Waals surface area contributed by atoms with Crippen molar-refractivity contribution in [3.05, 3.63) is 77.7 Å². The van der Waals surface area contributed by atoms with Crippen molar-refractivity contribution in [1.82, 2.24) is 4.90 Å². The van der Waals surface area contributed by atoms with Crippen molar-refractivity contribution < 1.29 is 8.42 Å². The second kappa shape index (κ2) is 8.45. The van der Waals surface area contributed by atoms with Gasteiger partial charge in [-0.1, -0.05) is 61.0 Å². The van der Waals surface area contributed by atoms with Crippen LogP contribution in [0, 0.1) is 0 Å². The van der Waals surface area contributed by atoms with Crippen LogP contribution in [0.25, 0.3) is 0 Å². The van der Waals surface area contributed by atoms with Gasteiger partial charge in [-0.2, -0.15) is 0 Å². The van der Waals surface area contributed by atoms with Crippen LogP contribution in [0.1, 0.15) is 31.2 Å². The van der Waals surface area contributed by atoms with Crippen LogP contribution in [-0.2, 0) is 16.4 Å². The monoisotopic (exact) mass is 355 g/mol. The average Bonchev–Trinajstić information content (AvgIpc) is 2.65. The number of likely N-dealkylation sites (tertiary alicyclic amines) is 1. The highest BCUT2D eigenvalue weighted by Gasteiger charge is 2.21. The minimum absolute atomic E-state index is 0.357. The second-order valence-corrected chi connectivity index (χ2v) is 8.40. The lowest BCUT2D eigenvalue weighted by molar-refractivity contribution is 0.141. The third kappa shape index (κ3) is 5.03. The minimum Gasteiger partial charge on any atom is -0.296 e. The number of piperidine rings is 1. The Hall–Kier alpha value is -1.91. The molecule has 3 nitrogen and oxygen atoms in total. The summed E-state index contributed by atoms with van der Waals surface area (Å²) in [5, 5.41) is 1.37. The third-order valence-electron chi connectivity index (χ3n) is 4.73. The van der Waals surface area contributed by atoms with E-state index in [1.807, 2.05) is 18.2 Å². The average molecular weight is 356 g/mol. The van der Waals surface area contributed by atoms with Gasteiger partial charge in [-0.15, -0.1) is 0 Å². The first-order valence-corrected chi connectivity index (χ1v) is 10.4. The van der Waals surface area contributed by atoms with E-state index in [0.717, 1.165) is 25.9 Å². The van der Waals surface area contributed by atoms with Crippen LogP contribution >= 0.6 is 0 Å². The number of hydrogen-bond donors (Lipinski definition) is 0. The zero-order valence-electron chi connectivity index (χ0n) is 14.4. The van der Waals surface area contributed by atoms with E-state index in [-0.39, 0.29) is 0 Å². The molecule has 1 atom stereocenters. The molecule has 2 aromatic rings. The largest absolute Gasteiger partial charge is 0.296 e. The van der Waals surface area contributed by atoms with Gasteiger partial charge in [-0.05, 0) is 43.5 Å². The molecule has 4 heteroatoms. The van der Waals surface area contributed by atoms with E-state index in [4.69, 9.17) is 0 Å². The summed E-state index contributed by atoms with van der Waals surface area (Å²) in [7, 11) is -3.34. The number of nitrogens with zero attached hydrogens (tertiary/aromatic N) is 1. The lowest BCUT2D eigenvalue weighted by Gasteiger charge is -2.35. The van der Waals surface area contributed by atoms with Gasteiger partial charge in [0, 0.05) is 18.0 Å². The molecule has 1 fully saturated rings. The van der Waals surface area contributed by atoms with Crippen LogP contribution in [-0.4, -0.2) is 25.9 Å². The molecule has 0 aromatic heterocycles. The second-order valence-electron chi connectivity index (χ2n) is 6.57. The Labute approximate surface area is 150 Å². The molecule has 132 valence electrons. The predicted octanol–water partition coefficient (Wildman–Crippen LogP) is 4.42. The first-order valence-electron chi connectivity index (χ1n) is 8.90. The Balaban J connectivity index is 1.64. The molecule has 0 bridgehead atoms. The highest BCUT2D eigenvalue weighted by atomic mass is 32.2. The molecule has 1 aliphatic heterocycles. The predicted molar refractivity (Wildman–Crippen MR) is 102 cm³/mol. The first kappa shape index (κ1) is 17.9. The molecule has 0 saturated carbocycles. The molecule has 0 N–H and O–H groups in total. The van der Waals surface area contributed by atoms with Crippen molar-refractivity contribution in [1.29, 1.82) is 0 Å². The third-order valence-corrected chi connectivity index (χ3v) is 6.21. The van der Waals surface area contributed by atoms with Gasteiger partial charge in [-0.25, -0.2) is 8.42 Å². The quantitative estimate of drug-likeness (QED) is 0.770. The fourth-order valence-corrected chi connectivity index (χ4v) is 4.44. The number of benzene rings is 2. The molecule has 0 radical (unpaired) electrons. The van der Waals surface area contributed by atoms with Crippen molar-refractivity contribution in [2.45, 2.75) is 43.2 Å². The van der Waals surface area contributed by atoms with E-state index >= 15 is 0 Å². The highest BCUT2D eigenvalue weighted by Crippen LogP contribution is 2.23. The lowest BCUT2D eigenvalue weighted by Crippen LogP contribution is -2.38. The SMILES string of the molecule is O=S(=O)(/C=C/C[C@@H]1CCCCN1Cc1ccccc1)c1ccccc1. The molecule has 1 heterocycles. The van der Waals surface area contributed by atoms with Crippen LogP contribution in [0.4, 0.5) is 0 Å². The highest BCUT2D eigenvalue weighted by molar-refractivity contribution is 7.94. The molecule has 0 spiro atoms. The molecule has 1 saturated heterocycles. The van der Waals surface area contributed by atoms with Crippen LogP contribution in [0.2, 0.25) is 0 Å². The van der Waals surface area contributed by atoms with E-state index in [1.165, 1.54) is 23.8 Å². The molecule has 0 amide bonds. The molecular weight excluding hydrogens is 330 g/mol. The van der Waals surface area contributed by atoms with Crippen LogP contribution in [0.5, 0.6) is 0 Å². The Morgan fingerprint density at radius 2 is 1.64 bits per heavy atom. The van der Waals surface area contributed by atoms with Gasteiger partial charge in [-0.3, -0.25) is 4.90 Å². The number of hydrogen-bond acceptors (Lipinski definition) is 3. The molecule has 0 aliphatic carbocycles. The summed E-state index contributed by atoms with van der Waals surface area (Å²) in [6.07, 6.45) is 6.17. The van der Waals surface area contributed by atoms with Gasteiger partial charge in [0.2, 0.25) is 0 Å². The molecular formula is C21H25NO2S. The standard InChI is InChI=1S/C21H25NO2S/c23-25(24,21-14-5-2-6-15-21)17-9-13-20-12-7-8-16-22(20)18-19-10-3-1-4-11-19/h1-6,9-11,14-15,17,20H,7-8,12-13,16,18H2/b17-9+/t20-/m0/s1. The molecule has 2 aromatic carbocycles. The minimum atomic E-state index is -3.34. The molecule has 1 aliphatic rings. The normalized spacial score (nSPS) is 19.3. The first-order chi connectivity index (χ1) is 12.1. The van der Waals surface area contributed by atoms with Crippen LogP contribution in [0.3, 0.4) is 0 Å². The summed E-state index contributed by atoms with van der Waals surface area (Å²) in [4.78, 5) is 2.84. The van der Waals surface area contributed by atoms with Crippen LogP contribution < -0.4 is 0 Å². The van der Waals surface area contributed by atoms with Gasteiger partial charge >= 0.3 is 0 Å². The Morgan fingerprint density at radius 1 is 0.960 bits per heavy atom. The van der Waals surface area contributed by atoms with Crippen molar-refractivity contribution in [3.8, 4) is 0 Å². The van der Waals surface area contributed by atoms with Gasteiger partial charge in [0.05, 0.1) is 4.90 Å². The summed E-state index contributed by atoms with van der Waals surface area (Å²) >= 11 is 0. The summed E-state index contributed by atoms with van der Waals surface area (Å²) < 4.78 is 24.7. The maximum absolute atomic E-state index is 12.3. The Bertz CT molecular complexity index is 785. The lowest BCUT2D eigenvalue weighted by atomic mass is 9.98. The molecule has 0 unspecified atom stereocenters. The topological polar surface area (TPSA) is 37.4 Å². The summed E-state index contributed by atoms with van der Waals surface area (Å²) in [6.45, 7) is 2.02. The van der Waals surface area contributed by atoms with E-state index in [9.17, 15) is 8.42 Å². The smallest absolute Gasteiger partial charge is 0.199 e. The number of sulfone groups is 1. The maximum atomic E-state index is 12.3.